The summed E-state index contributed by atoms with van der Waals surface area (Å²) in [6.07, 6.45) is 1.76. The molecule has 4 nitrogen and oxygen atoms in total. The van der Waals surface area contributed by atoms with Crippen molar-refractivity contribution < 1.29 is 8.98 Å². The number of imidazole rings is 1. The van der Waals surface area contributed by atoms with E-state index in [4.69, 9.17) is 4.42 Å². The highest BCUT2D eigenvalue weighted by molar-refractivity contribution is 5.96. The molecular weight excluding hydrogens is 562 g/mol. The standard InChI is InChI=1S/C42H38N3O/c1-26(2)35-23-33(31-18-16-30(17-19-31)29-11-8-7-9-12-29)24-36(27(3)4)41(35)45-40-32(25-43)13-10-14-37(40)44(6)42(45)39-28(5)15-20-38-34(39)21-22-46-38/h7-24,26-27H,1-6H3/q+1. The summed E-state index contributed by atoms with van der Waals surface area (Å²) in [5.74, 6) is 1.49. The van der Waals surface area contributed by atoms with Crippen LogP contribution in [-0.2, 0) is 7.05 Å². The van der Waals surface area contributed by atoms with Crippen molar-refractivity contribution in [2.75, 3.05) is 0 Å². The molecule has 0 amide bonds. The van der Waals surface area contributed by atoms with E-state index in [2.05, 4.69) is 142 Å². The molecule has 4 heteroatoms. The van der Waals surface area contributed by atoms with E-state index < -0.39 is 0 Å². The van der Waals surface area contributed by atoms with Crippen LogP contribution in [-0.4, -0.2) is 4.57 Å². The van der Waals surface area contributed by atoms with Gasteiger partial charge in [0.1, 0.15) is 22.9 Å². The highest BCUT2D eigenvalue weighted by Crippen LogP contribution is 2.42. The first-order valence-corrected chi connectivity index (χ1v) is 16.0. The highest BCUT2D eigenvalue weighted by atomic mass is 16.3. The van der Waals surface area contributed by atoms with Crippen molar-refractivity contribution in [3.63, 3.8) is 0 Å². The van der Waals surface area contributed by atoms with Crippen molar-refractivity contribution in [1.29, 1.82) is 5.26 Å². The van der Waals surface area contributed by atoms with Crippen LogP contribution in [0.2, 0.25) is 0 Å². The number of hydrogen-bond acceptors (Lipinski definition) is 2. The number of para-hydroxylation sites is 1. The van der Waals surface area contributed by atoms with Crippen molar-refractivity contribution in [1.82, 2.24) is 4.57 Å². The Hall–Kier alpha value is -5.40. The maximum Gasteiger partial charge on any atom is 0.295 e. The first-order valence-electron chi connectivity index (χ1n) is 16.0. The number of hydrogen-bond donors (Lipinski definition) is 0. The van der Waals surface area contributed by atoms with E-state index >= 15 is 0 Å². The molecular formula is C42H38N3O+. The molecule has 0 atom stereocenters. The zero-order chi connectivity index (χ0) is 32.1. The summed E-state index contributed by atoms with van der Waals surface area (Å²) in [4.78, 5) is 0. The lowest BCUT2D eigenvalue weighted by molar-refractivity contribution is -0.633. The fraction of sp³-hybridized carbons (Fsp3) is 0.190. The number of nitriles is 1. The molecule has 46 heavy (non-hydrogen) atoms. The first kappa shape index (κ1) is 29.3. The average molecular weight is 601 g/mol. The summed E-state index contributed by atoms with van der Waals surface area (Å²) in [5.41, 5.74) is 14.2. The zero-order valence-corrected chi connectivity index (χ0v) is 27.3. The molecule has 0 unspecified atom stereocenters. The summed E-state index contributed by atoms with van der Waals surface area (Å²) in [5, 5.41) is 11.5. The number of furan rings is 1. The van der Waals surface area contributed by atoms with Gasteiger partial charge in [-0.05, 0) is 83.0 Å². The Morgan fingerprint density at radius 3 is 1.98 bits per heavy atom. The lowest BCUT2D eigenvalue weighted by Crippen LogP contribution is -2.30. The maximum absolute atomic E-state index is 10.4. The molecule has 0 fully saturated rings. The van der Waals surface area contributed by atoms with E-state index in [-0.39, 0.29) is 11.8 Å². The van der Waals surface area contributed by atoms with E-state index in [9.17, 15) is 5.26 Å². The third-order valence-corrected chi connectivity index (χ3v) is 9.28. The summed E-state index contributed by atoms with van der Waals surface area (Å²) in [6, 6.07) is 38.9. The molecule has 0 saturated heterocycles. The third-order valence-electron chi connectivity index (χ3n) is 9.28. The first-order chi connectivity index (χ1) is 22.3. The van der Waals surface area contributed by atoms with Gasteiger partial charge in [0.05, 0.1) is 18.9 Å². The van der Waals surface area contributed by atoms with Gasteiger partial charge in [0.15, 0.2) is 11.0 Å². The minimum Gasteiger partial charge on any atom is -0.464 e. The Morgan fingerprint density at radius 1 is 0.717 bits per heavy atom. The van der Waals surface area contributed by atoms with Gasteiger partial charge in [-0.25, -0.2) is 4.57 Å². The molecule has 7 aromatic rings. The molecule has 0 saturated carbocycles. The fourth-order valence-electron chi connectivity index (χ4n) is 6.92. The second-order valence-corrected chi connectivity index (χ2v) is 12.8. The van der Waals surface area contributed by atoms with E-state index in [1.807, 2.05) is 18.2 Å². The zero-order valence-electron chi connectivity index (χ0n) is 27.3. The predicted molar refractivity (Wildman–Crippen MR) is 188 cm³/mol. The van der Waals surface area contributed by atoms with Gasteiger partial charge in [0.2, 0.25) is 0 Å². The lowest BCUT2D eigenvalue weighted by Gasteiger charge is -2.21. The predicted octanol–water partition coefficient (Wildman–Crippen LogP) is 10.6. The Kier molecular flexibility index (Phi) is 7.34. The van der Waals surface area contributed by atoms with Gasteiger partial charge < -0.3 is 4.42 Å². The highest BCUT2D eigenvalue weighted by Gasteiger charge is 2.34. The number of benzene rings is 5. The Labute approximate surface area is 270 Å². The van der Waals surface area contributed by atoms with Gasteiger partial charge in [0.25, 0.3) is 5.82 Å². The van der Waals surface area contributed by atoms with Crippen LogP contribution in [0.3, 0.4) is 0 Å². The van der Waals surface area contributed by atoms with Crippen LogP contribution < -0.4 is 4.57 Å². The summed E-state index contributed by atoms with van der Waals surface area (Å²) in [7, 11) is 2.11. The average Bonchev–Trinajstić information content (AvgIpc) is 3.67. The molecule has 0 aliphatic heterocycles. The van der Waals surface area contributed by atoms with Gasteiger partial charge >= 0.3 is 0 Å². The van der Waals surface area contributed by atoms with Gasteiger partial charge in [-0.2, -0.15) is 9.83 Å². The number of fused-ring (bicyclic) bond motifs is 2. The van der Waals surface area contributed by atoms with Gasteiger partial charge in [-0.1, -0.05) is 94.4 Å². The Morgan fingerprint density at radius 2 is 1.35 bits per heavy atom. The number of aryl methyl sites for hydroxylation is 2. The van der Waals surface area contributed by atoms with Crippen LogP contribution in [0, 0.1) is 18.3 Å². The molecule has 226 valence electrons. The second kappa shape index (κ2) is 11.5. The van der Waals surface area contributed by atoms with Crippen LogP contribution in [0.15, 0.2) is 114 Å². The molecule has 0 N–H and O–H groups in total. The number of nitrogens with zero attached hydrogens (tertiary/aromatic N) is 3. The van der Waals surface area contributed by atoms with Crippen LogP contribution in [0.25, 0.3) is 61.3 Å². The van der Waals surface area contributed by atoms with E-state index in [0.29, 0.717) is 5.56 Å². The smallest absolute Gasteiger partial charge is 0.295 e. The van der Waals surface area contributed by atoms with Crippen LogP contribution >= 0.6 is 0 Å². The Bertz CT molecular complexity index is 2250. The summed E-state index contributed by atoms with van der Waals surface area (Å²) in [6.45, 7) is 11.2. The molecule has 7 rings (SSSR count). The SMILES string of the molecule is Cc1ccc2occc2c1-c1n(-c2c(C(C)C)cc(-c3ccc(-c4ccccc4)cc3)cc2C(C)C)c2c(C#N)cccc2[n+]1C. The summed E-state index contributed by atoms with van der Waals surface area (Å²) >= 11 is 0. The third kappa shape index (κ3) is 4.71. The Balaban J connectivity index is 1.56. The normalized spacial score (nSPS) is 11.6. The van der Waals surface area contributed by atoms with Gasteiger partial charge in [-0.3, -0.25) is 0 Å². The maximum atomic E-state index is 10.4. The molecule has 2 heterocycles. The van der Waals surface area contributed by atoms with Crippen molar-refractivity contribution in [2.45, 2.75) is 46.5 Å². The molecule has 0 radical (unpaired) electrons. The minimum atomic E-state index is 0.228. The lowest BCUT2D eigenvalue weighted by atomic mass is 9.87. The molecule has 0 bridgehead atoms. The number of rotatable bonds is 6. The molecule has 5 aromatic carbocycles. The van der Waals surface area contributed by atoms with E-state index in [0.717, 1.165) is 44.6 Å². The van der Waals surface area contributed by atoms with Crippen LogP contribution in [0.5, 0.6) is 0 Å². The second-order valence-electron chi connectivity index (χ2n) is 12.8. The minimum absolute atomic E-state index is 0.228. The largest absolute Gasteiger partial charge is 0.464 e. The molecule has 2 aromatic heterocycles. The topological polar surface area (TPSA) is 45.7 Å². The summed E-state index contributed by atoms with van der Waals surface area (Å²) < 4.78 is 10.5. The van der Waals surface area contributed by atoms with E-state index in [1.165, 1.54) is 33.4 Å². The molecule has 0 spiro atoms. The molecule has 0 aliphatic carbocycles. The van der Waals surface area contributed by atoms with Gasteiger partial charge in [-0.15, -0.1) is 0 Å². The van der Waals surface area contributed by atoms with Crippen molar-refractivity contribution in [3.8, 4) is 45.4 Å². The van der Waals surface area contributed by atoms with Crippen molar-refractivity contribution >= 4 is 22.0 Å². The number of aromatic nitrogens is 2. The van der Waals surface area contributed by atoms with Crippen LogP contribution in [0.1, 0.15) is 61.8 Å². The van der Waals surface area contributed by atoms with Crippen molar-refractivity contribution in [3.05, 3.63) is 132 Å². The quantitative estimate of drug-likeness (QED) is 0.178. The van der Waals surface area contributed by atoms with Gasteiger partial charge in [0, 0.05) is 16.5 Å². The van der Waals surface area contributed by atoms with E-state index in [1.54, 1.807) is 6.26 Å². The fourth-order valence-corrected chi connectivity index (χ4v) is 6.92. The molecule has 0 aliphatic rings. The monoisotopic (exact) mass is 600 g/mol. The van der Waals surface area contributed by atoms with Crippen LogP contribution in [0.4, 0.5) is 0 Å². The van der Waals surface area contributed by atoms with Crippen molar-refractivity contribution in [2.24, 2.45) is 7.05 Å².